The minimum absolute atomic E-state index is 0.116. The van der Waals surface area contributed by atoms with E-state index in [9.17, 15) is 14.7 Å². The third-order valence-electron chi connectivity index (χ3n) is 3.49. The summed E-state index contributed by atoms with van der Waals surface area (Å²) in [6.07, 6.45) is -0.346. The number of carboxylic acid groups (broad SMARTS) is 1. The average Bonchev–Trinajstić information content (AvgIpc) is 2.83. The molecule has 1 heterocycles. The first kappa shape index (κ1) is 15.9. The first-order valence-electron chi connectivity index (χ1n) is 6.87. The molecule has 1 aliphatic rings. The highest BCUT2D eigenvalue weighted by molar-refractivity contribution is 7.99. The van der Waals surface area contributed by atoms with Gasteiger partial charge < -0.3 is 15.1 Å². The molecule has 1 aliphatic heterocycles. The standard InChI is InChI=1S/C15H19NO4S/c1-10-2-4-12(5-3-10)21-7-6-14(18)16-9-11(17)8-13(16)15(19)20/h2-5,11,13,17H,6-9H2,1H3,(H,19,20)/t11-,13-/m1/s1. The number of carboxylic acids is 1. The molecular formula is C15H19NO4S. The quantitative estimate of drug-likeness (QED) is 0.807. The summed E-state index contributed by atoms with van der Waals surface area (Å²) in [6.45, 7) is 2.13. The van der Waals surface area contributed by atoms with Crippen molar-refractivity contribution >= 4 is 23.6 Å². The normalized spacial score (nSPS) is 21.5. The molecule has 0 aliphatic carbocycles. The Hall–Kier alpha value is -1.53. The van der Waals surface area contributed by atoms with Gasteiger partial charge in [-0.25, -0.2) is 4.79 Å². The Morgan fingerprint density at radius 3 is 2.62 bits per heavy atom. The minimum Gasteiger partial charge on any atom is -0.480 e. The van der Waals surface area contributed by atoms with Crippen LogP contribution in [0.25, 0.3) is 0 Å². The van der Waals surface area contributed by atoms with Crippen LogP contribution in [-0.2, 0) is 9.59 Å². The smallest absolute Gasteiger partial charge is 0.326 e. The maximum atomic E-state index is 12.1. The predicted molar refractivity (Wildman–Crippen MR) is 80.3 cm³/mol. The van der Waals surface area contributed by atoms with Crippen molar-refractivity contribution in [2.75, 3.05) is 12.3 Å². The Kier molecular flexibility index (Phi) is 5.25. The Labute approximate surface area is 128 Å². The van der Waals surface area contributed by atoms with Gasteiger partial charge in [0, 0.05) is 30.0 Å². The van der Waals surface area contributed by atoms with Gasteiger partial charge >= 0.3 is 5.97 Å². The second-order valence-electron chi connectivity index (χ2n) is 5.20. The first-order chi connectivity index (χ1) is 9.97. The molecule has 1 aromatic carbocycles. The summed E-state index contributed by atoms with van der Waals surface area (Å²) in [5, 5.41) is 18.6. The van der Waals surface area contributed by atoms with Crippen LogP contribution in [0, 0.1) is 6.92 Å². The fourth-order valence-corrected chi connectivity index (χ4v) is 3.20. The van der Waals surface area contributed by atoms with Gasteiger partial charge in [0.2, 0.25) is 5.91 Å². The largest absolute Gasteiger partial charge is 0.480 e. The van der Waals surface area contributed by atoms with Crippen LogP contribution in [0.3, 0.4) is 0 Å². The van der Waals surface area contributed by atoms with Crippen LogP contribution in [0.1, 0.15) is 18.4 Å². The number of benzene rings is 1. The molecule has 1 aromatic rings. The molecule has 5 nitrogen and oxygen atoms in total. The van der Waals surface area contributed by atoms with Crippen molar-refractivity contribution in [3.63, 3.8) is 0 Å². The number of nitrogens with zero attached hydrogens (tertiary/aromatic N) is 1. The van der Waals surface area contributed by atoms with Gasteiger partial charge in [-0.3, -0.25) is 4.79 Å². The third kappa shape index (κ3) is 4.22. The summed E-state index contributed by atoms with van der Waals surface area (Å²) < 4.78 is 0. The fourth-order valence-electron chi connectivity index (χ4n) is 2.36. The van der Waals surface area contributed by atoms with Gasteiger partial charge in [-0.1, -0.05) is 17.7 Å². The topological polar surface area (TPSA) is 77.8 Å². The van der Waals surface area contributed by atoms with Gasteiger partial charge in [0.1, 0.15) is 6.04 Å². The van der Waals surface area contributed by atoms with Gasteiger partial charge in [0.05, 0.1) is 6.10 Å². The number of aliphatic hydroxyl groups is 1. The van der Waals surface area contributed by atoms with E-state index in [1.807, 2.05) is 31.2 Å². The number of amides is 1. The Morgan fingerprint density at radius 2 is 2.00 bits per heavy atom. The molecule has 0 saturated carbocycles. The Morgan fingerprint density at radius 1 is 1.33 bits per heavy atom. The molecule has 2 N–H and O–H groups in total. The second kappa shape index (κ2) is 6.95. The van der Waals surface area contributed by atoms with Crippen LogP contribution in [0.15, 0.2) is 29.2 Å². The number of aliphatic hydroxyl groups excluding tert-OH is 1. The number of likely N-dealkylation sites (tertiary alicyclic amines) is 1. The number of β-amino-alcohol motifs (C(OH)–C–C–N with tert-alkyl or cyclic N) is 1. The lowest BCUT2D eigenvalue weighted by atomic mass is 10.2. The van der Waals surface area contributed by atoms with Crippen molar-refractivity contribution in [3.05, 3.63) is 29.8 Å². The monoisotopic (exact) mass is 309 g/mol. The van der Waals surface area contributed by atoms with E-state index in [0.717, 1.165) is 4.90 Å². The summed E-state index contributed by atoms with van der Waals surface area (Å²) in [6, 6.07) is 7.15. The fraction of sp³-hybridized carbons (Fsp3) is 0.467. The Balaban J connectivity index is 1.84. The molecule has 0 aromatic heterocycles. The summed E-state index contributed by atoms with van der Waals surface area (Å²) in [5.41, 5.74) is 1.19. The van der Waals surface area contributed by atoms with Crippen LogP contribution in [0.5, 0.6) is 0 Å². The number of rotatable bonds is 5. The number of carbonyl (C=O) groups excluding carboxylic acids is 1. The molecule has 0 radical (unpaired) electrons. The first-order valence-corrected chi connectivity index (χ1v) is 7.85. The number of aliphatic carboxylic acids is 1. The molecule has 21 heavy (non-hydrogen) atoms. The van der Waals surface area contributed by atoms with Crippen molar-refractivity contribution in [3.8, 4) is 0 Å². The number of hydrogen-bond acceptors (Lipinski definition) is 4. The molecule has 1 saturated heterocycles. The highest BCUT2D eigenvalue weighted by Gasteiger charge is 2.38. The molecule has 0 bridgehead atoms. The number of carbonyl (C=O) groups is 2. The summed E-state index contributed by atoms with van der Waals surface area (Å²) in [7, 11) is 0. The van der Waals surface area contributed by atoms with E-state index < -0.39 is 18.1 Å². The van der Waals surface area contributed by atoms with E-state index in [1.54, 1.807) is 11.8 Å². The lowest BCUT2D eigenvalue weighted by Gasteiger charge is -2.21. The lowest BCUT2D eigenvalue weighted by Crippen LogP contribution is -2.40. The lowest BCUT2D eigenvalue weighted by molar-refractivity contribution is -0.148. The second-order valence-corrected chi connectivity index (χ2v) is 6.37. The highest BCUT2D eigenvalue weighted by Crippen LogP contribution is 2.22. The zero-order chi connectivity index (χ0) is 15.4. The van der Waals surface area contributed by atoms with Crippen LogP contribution >= 0.6 is 11.8 Å². The molecule has 114 valence electrons. The molecule has 1 amide bonds. The Bertz CT molecular complexity index is 517. The molecule has 0 spiro atoms. The number of aryl methyl sites for hydroxylation is 1. The van der Waals surface area contributed by atoms with Gasteiger partial charge in [-0.2, -0.15) is 0 Å². The van der Waals surface area contributed by atoms with Gasteiger partial charge in [-0.15, -0.1) is 11.8 Å². The summed E-state index contributed by atoms with van der Waals surface area (Å²) in [4.78, 5) is 25.5. The van der Waals surface area contributed by atoms with E-state index >= 15 is 0 Å². The third-order valence-corrected chi connectivity index (χ3v) is 4.50. The zero-order valence-corrected chi connectivity index (χ0v) is 12.7. The molecule has 1 fully saturated rings. The van der Waals surface area contributed by atoms with E-state index in [1.165, 1.54) is 10.5 Å². The molecule has 2 rings (SSSR count). The number of thioether (sulfide) groups is 1. The van der Waals surface area contributed by atoms with E-state index in [-0.39, 0.29) is 25.3 Å². The average molecular weight is 309 g/mol. The predicted octanol–water partition coefficient (Wildman–Crippen LogP) is 1.52. The maximum absolute atomic E-state index is 12.1. The van der Waals surface area contributed by atoms with Crippen molar-refractivity contribution < 1.29 is 19.8 Å². The van der Waals surface area contributed by atoms with Gasteiger partial charge in [0.25, 0.3) is 0 Å². The van der Waals surface area contributed by atoms with Crippen molar-refractivity contribution in [1.82, 2.24) is 4.90 Å². The van der Waals surface area contributed by atoms with E-state index in [4.69, 9.17) is 5.11 Å². The minimum atomic E-state index is -1.05. The maximum Gasteiger partial charge on any atom is 0.326 e. The van der Waals surface area contributed by atoms with Gasteiger partial charge in [-0.05, 0) is 19.1 Å². The van der Waals surface area contributed by atoms with Crippen LogP contribution in [0.4, 0.5) is 0 Å². The van der Waals surface area contributed by atoms with Gasteiger partial charge in [0.15, 0.2) is 0 Å². The molecule has 6 heteroatoms. The highest BCUT2D eigenvalue weighted by atomic mass is 32.2. The van der Waals surface area contributed by atoms with E-state index in [2.05, 4.69) is 0 Å². The van der Waals surface area contributed by atoms with Crippen molar-refractivity contribution in [1.29, 1.82) is 0 Å². The molecular weight excluding hydrogens is 290 g/mol. The summed E-state index contributed by atoms with van der Waals surface area (Å²) in [5.74, 6) is -0.662. The van der Waals surface area contributed by atoms with Crippen LogP contribution in [0.2, 0.25) is 0 Å². The SMILES string of the molecule is Cc1ccc(SCCC(=O)N2C[C@H](O)C[C@@H]2C(=O)O)cc1. The van der Waals surface area contributed by atoms with Crippen molar-refractivity contribution in [2.45, 2.75) is 36.8 Å². The van der Waals surface area contributed by atoms with Crippen LogP contribution in [-0.4, -0.2) is 51.4 Å². The number of hydrogen-bond donors (Lipinski definition) is 2. The molecule has 2 atom stereocenters. The van der Waals surface area contributed by atoms with Crippen molar-refractivity contribution in [2.24, 2.45) is 0 Å². The zero-order valence-electron chi connectivity index (χ0n) is 11.9. The molecule has 0 unspecified atom stereocenters. The van der Waals surface area contributed by atoms with E-state index in [0.29, 0.717) is 5.75 Å². The summed E-state index contributed by atoms with van der Waals surface area (Å²) >= 11 is 1.57. The van der Waals surface area contributed by atoms with Crippen LogP contribution < -0.4 is 0 Å².